The molecule has 17 heavy (non-hydrogen) atoms. The standard InChI is InChI=1S/C13H12ClNO2/c1-2-11-7-9(8-15-11)13(16)17-12-5-3-10(14)4-6-12/h3-8,15H,2H2,1H3. The molecule has 0 amide bonds. The van der Waals surface area contributed by atoms with Crippen molar-refractivity contribution in [3.8, 4) is 5.75 Å². The molecule has 0 spiro atoms. The molecule has 0 atom stereocenters. The molecule has 1 N–H and O–H groups in total. The number of ether oxygens (including phenoxy) is 1. The van der Waals surface area contributed by atoms with Crippen LogP contribution in [0.3, 0.4) is 0 Å². The summed E-state index contributed by atoms with van der Waals surface area (Å²) in [6, 6.07) is 8.47. The summed E-state index contributed by atoms with van der Waals surface area (Å²) in [5.74, 6) is 0.113. The van der Waals surface area contributed by atoms with Gasteiger partial charge >= 0.3 is 5.97 Å². The first-order valence-electron chi connectivity index (χ1n) is 5.34. The maximum Gasteiger partial charge on any atom is 0.345 e. The maximum absolute atomic E-state index is 11.8. The second kappa shape index (κ2) is 5.06. The fraction of sp³-hybridized carbons (Fsp3) is 0.154. The fourth-order valence-electron chi connectivity index (χ4n) is 1.43. The number of H-pyrrole nitrogens is 1. The minimum atomic E-state index is -0.372. The normalized spacial score (nSPS) is 10.2. The first kappa shape index (κ1) is 11.7. The van der Waals surface area contributed by atoms with E-state index in [2.05, 4.69) is 4.98 Å². The highest BCUT2D eigenvalue weighted by molar-refractivity contribution is 6.30. The molecule has 0 aliphatic heterocycles. The van der Waals surface area contributed by atoms with E-state index in [1.807, 2.05) is 6.92 Å². The zero-order chi connectivity index (χ0) is 12.3. The van der Waals surface area contributed by atoms with Crippen LogP contribution >= 0.6 is 11.6 Å². The van der Waals surface area contributed by atoms with Gasteiger partial charge in [-0.1, -0.05) is 18.5 Å². The number of carbonyl (C=O) groups is 1. The lowest BCUT2D eigenvalue weighted by atomic mass is 10.3. The second-order valence-electron chi connectivity index (χ2n) is 3.61. The maximum atomic E-state index is 11.8. The van der Waals surface area contributed by atoms with E-state index in [0.717, 1.165) is 12.1 Å². The van der Waals surface area contributed by atoms with Gasteiger partial charge in [0, 0.05) is 16.9 Å². The summed E-state index contributed by atoms with van der Waals surface area (Å²) in [7, 11) is 0. The second-order valence-corrected chi connectivity index (χ2v) is 4.05. The van der Waals surface area contributed by atoms with Crippen LogP contribution in [-0.2, 0) is 6.42 Å². The number of carbonyl (C=O) groups excluding carboxylic acids is 1. The molecule has 0 saturated heterocycles. The monoisotopic (exact) mass is 249 g/mol. The summed E-state index contributed by atoms with van der Waals surface area (Å²) in [6.45, 7) is 2.01. The van der Waals surface area contributed by atoms with Gasteiger partial charge in [0.15, 0.2) is 0 Å². The molecule has 0 radical (unpaired) electrons. The Labute approximate surface area is 104 Å². The molecule has 1 aromatic heterocycles. The molecular formula is C13H12ClNO2. The van der Waals surface area contributed by atoms with Crippen LogP contribution < -0.4 is 4.74 Å². The van der Waals surface area contributed by atoms with Gasteiger partial charge in [-0.25, -0.2) is 4.79 Å². The number of esters is 1. The molecule has 2 aromatic rings. The zero-order valence-corrected chi connectivity index (χ0v) is 10.1. The van der Waals surface area contributed by atoms with Crippen molar-refractivity contribution in [3.05, 3.63) is 52.8 Å². The van der Waals surface area contributed by atoms with Crippen LogP contribution in [0.2, 0.25) is 5.02 Å². The molecule has 0 fully saturated rings. The Morgan fingerprint density at radius 2 is 2.06 bits per heavy atom. The number of aryl methyl sites for hydroxylation is 1. The van der Waals surface area contributed by atoms with Crippen molar-refractivity contribution in [3.63, 3.8) is 0 Å². The highest BCUT2D eigenvalue weighted by Gasteiger charge is 2.10. The molecule has 1 aromatic carbocycles. The first-order valence-corrected chi connectivity index (χ1v) is 5.72. The van der Waals surface area contributed by atoms with Gasteiger partial charge in [-0.05, 0) is 36.8 Å². The largest absolute Gasteiger partial charge is 0.423 e. The predicted octanol–water partition coefficient (Wildman–Crippen LogP) is 3.45. The third kappa shape index (κ3) is 2.88. The van der Waals surface area contributed by atoms with Crippen molar-refractivity contribution in [2.75, 3.05) is 0 Å². The van der Waals surface area contributed by atoms with E-state index in [9.17, 15) is 4.79 Å². The van der Waals surface area contributed by atoms with Crippen molar-refractivity contribution < 1.29 is 9.53 Å². The molecule has 3 nitrogen and oxygen atoms in total. The van der Waals surface area contributed by atoms with E-state index in [1.54, 1.807) is 36.5 Å². The average molecular weight is 250 g/mol. The Bertz CT molecular complexity index is 516. The summed E-state index contributed by atoms with van der Waals surface area (Å²) in [4.78, 5) is 14.8. The van der Waals surface area contributed by atoms with Gasteiger partial charge in [0.1, 0.15) is 5.75 Å². The molecule has 2 rings (SSSR count). The molecule has 4 heteroatoms. The summed E-state index contributed by atoms with van der Waals surface area (Å²) in [5.41, 5.74) is 1.53. The lowest BCUT2D eigenvalue weighted by Gasteiger charge is -2.02. The topological polar surface area (TPSA) is 42.1 Å². The Kier molecular flexibility index (Phi) is 3.49. The van der Waals surface area contributed by atoms with E-state index >= 15 is 0 Å². The van der Waals surface area contributed by atoms with Crippen LogP contribution in [0, 0.1) is 0 Å². The van der Waals surface area contributed by atoms with Crippen molar-refractivity contribution in [2.24, 2.45) is 0 Å². The molecule has 0 saturated carbocycles. The average Bonchev–Trinajstić information content (AvgIpc) is 2.81. The van der Waals surface area contributed by atoms with Gasteiger partial charge in [-0.15, -0.1) is 0 Å². The smallest absolute Gasteiger partial charge is 0.345 e. The van der Waals surface area contributed by atoms with Gasteiger partial charge < -0.3 is 9.72 Å². The zero-order valence-electron chi connectivity index (χ0n) is 9.37. The third-order valence-corrected chi connectivity index (χ3v) is 2.64. The van der Waals surface area contributed by atoms with Crippen LogP contribution in [0.15, 0.2) is 36.5 Å². The van der Waals surface area contributed by atoms with Crippen LogP contribution in [0.25, 0.3) is 0 Å². The van der Waals surface area contributed by atoms with Crippen molar-refractivity contribution in [2.45, 2.75) is 13.3 Å². The number of benzene rings is 1. The number of aromatic nitrogens is 1. The highest BCUT2D eigenvalue weighted by Crippen LogP contribution is 2.17. The Morgan fingerprint density at radius 1 is 1.35 bits per heavy atom. The van der Waals surface area contributed by atoms with Gasteiger partial charge in [0.25, 0.3) is 0 Å². The van der Waals surface area contributed by atoms with Crippen LogP contribution in [-0.4, -0.2) is 11.0 Å². The quantitative estimate of drug-likeness (QED) is 0.669. The Hall–Kier alpha value is -1.74. The number of nitrogens with one attached hydrogen (secondary N) is 1. The lowest BCUT2D eigenvalue weighted by molar-refractivity contribution is 0.0735. The minimum Gasteiger partial charge on any atom is -0.423 e. The summed E-state index contributed by atoms with van der Waals surface area (Å²) >= 11 is 5.74. The predicted molar refractivity (Wildman–Crippen MR) is 66.6 cm³/mol. The van der Waals surface area contributed by atoms with Crippen molar-refractivity contribution in [1.82, 2.24) is 4.98 Å². The molecule has 0 aliphatic rings. The Morgan fingerprint density at radius 3 is 2.65 bits per heavy atom. The van der Waals surface area contributed by atoms with E-state index in [0.29, 0.717) is 16.3 Å². The number of rotatable bonds is 3. The van der Waals surface area contributed by atoms with E-state index in [-0.39, 0.29) is 5.97 Å². The molecule has 88 valence electrons. The number of aromatic amines is 1. The molecule has 1 heterocycles. The van der Waals surface area contributed by atoms with Crippen LogP contribution in [0.1, 0.15) is 23.0 Å². The SMILES string of the molecule is CCc1cc(C(=O)Oc2ccc(Cl)cc2)c[nH]1. The highest BCUT2D eigenvalue weighted by atomic mass is 35.5. The van der Waals surface area contributed by atoms with Gasteiger partial charge in [-0.2, -0.15) is 0 Å². The number of hydrogen-bond donors (Lipinski definition) is 1. The van der Waals surface area contributed by atoms with E-state index < -0.39 is 0 Å². The van der Waals surface area contributed by atoms with Crippen LogP contribution in [0.5, 0.6) is 5.75 Å². The summed E-state index contributed by atoms with van der Waals surface area (Å²) in [5, 5.41) is 0.611. The summed E-state index contributed by atoms with van der Waals surface area (Å²) in [6.07, 6.45) is 2.51. The van der Waals surface area contributed by atoms with E-state index in [4.69, 9.17) is 16.3 Å². The van der Waals surface area contributed by atoms with Gasteiger partial charge in [0.2, 0.25) is 0 Å². The van der Waals surface area contributed by atoms with Gasteiger partial charge in [-0.3, -0.25) is 0 Å². The molecule has 0 aliphatic carbocycles. The van der Waals surface area contributed by atoms with Crippen LogP contribution in [0.4, 0.5) is 0 Å². The lowest BCUT2D eigenvalue weighted by Crippen LogP contribution is -2.07. The minimum absolute atomic E-state index is 0.372. The summed E-state index contributed by atoms with van der Waals surface area (Å²) < 4.78 is 5.20. The molecular weight excluding hydrogens is 238 g/mol. The first-order chi connectivity index (χ1) is 8.19. The molecule has 0 bridgehead atoms. The number of hydrogen-bond acceptors (Lipinski definition) is 2. The van der Waals surface area contributed by atoms with Crippen molar-refractivity contribution >= 4 is 17.6 Å². The molecule has 0 unspecified atom stereocenters. The fourth-order valence-corrected chi connectivity index (χ4v) is 1.56. The van der Waals surface area contributed by atoms with E-state index in [1.165, 1.54) is 0 Å². The number of halogens is 1. The third-order valence-electron chi connectivity index (χ3n) is 2.38. The van der Waals surface area contributed by atoms with Crippen molar-refractivity contribution in [1.29, 1.82) is 0 Å². The Balaban J connectivity index is 2.08. The van der Waals surface area contributed by atoms with Gasteiger partial charge in [0.05, 0.1) is 5.56 Å².